The lowest BCUT2D eigenvalue weighted by atomic mass is 10.0. The third kappa shape index (κ3) is 16.4. The SMILES string of the molecule is CC(CCC(=O)OCc1ccccc1)OC1OC(C)C(OC(=O)C(C)CN=[N+]=[N-])CC1OC(=O)CCCCO[C@@H]1O[C@@H](C)[C@H](OCc2ccccc2)C[C@H]1OCc1ccccc1. The van der Waals surface area contributed by atoms with Crippen LogP contribution in [0, 0.1) is 5.92 Å². The largest absolute Gasteiger partial charge is 0.461 e. The van der Waals surface area contributed by atoms with Crippen LogP contribution < -0.4 is 0 Å². The topological polar surface area (TPSA) is 183 Å². The number of ether oxygens (including phenoxy) is 9. The minimum absolute atomic E-state index is 0.0621. The molecule has 0 aliphatic carbocycles. The number of rotatable bonds is 24. The number of carbonyl (C=O) groups is 3. The molecule has 0 saturated carbocycles. The van der Waals surface area contributed by atoms with Crippen LogP contribution in [0.1, 0.15) is 89.3 Å². The molecular weight excluding hydrogens is 799 g/mol. The van der Waals surface area contributed by atoms with Crippen LogP contribution in [0.2, 0.25) is 0 Å². The zero-order valence-corrected chi connectivity index (χ0v) is 36.2. The molecule has 2 heterocycles. The first-order valence-corrected chi connectivity index (χ1v) is 21.6. The van der Waals surface area contributed by atoms with Crippen molar-refractivity contribution in [2.24, 2.45) is 11.0 Å². The average molecular weight is 860 g/mol. The van der Waals surface area contributed by atoms with E-state index in [4.69, 9.17) is 48.2 Å². The number of nitrogens with zero attached hydrogens (tertiary/aromatic N) is 3. The lowest BCUT2D eigenvalue weighted by Gasteiger charge is -2.40. The summed E-state index contributed by atoms with van der Waals surface area (Å²) < 4.78 is 54.6. The van der Waals surface area contributed by atoms with Crippen molar-refractivity contribution in [3.8, 4) is 0 Å². The zero-order valence-electron chi connectivity index (χ0n) is 36.2. The van der Waals surface area contributed by atoms with Crippen LogP contribution in [0.4, 0.5) is 0 Å². The monoisotopic (exact) mass is 859 g/mol. The van der Waals surface area contributed by atoms with Gasteiger partial charge in [0.05, 0.1) is 43.5 Å². The molecule has 0 aromatic heterocycles. The fraction of sp³-hybridized carbons (Fsp3) is 0.553. The number of unbranched alkanes of at least 4 members (excludes halogenated alkanes) is 1. The van der Waals surface area contributed by atoms with Crippen LogP contribution in [0.5, 0.6) is 0 Å². The second-order valence-electron chi connectivity index (χ2n) is 15.8. The summed E-state index contributed by atoms with van der Waals surface area (Å²) in [6, 6.07) is 29.3. The molecule has 336 valence electrons. The highest BCUT2D eigenvalue weighted by atomic mass is 16.7. The summed E-state index contributed by atoms with van der Waals surface area (Å²) in [7, 11) is 0. The van der Waals surface area contributed by atoms with Crippen molar-refractivity contribution in [1.82, 2.24) is 0 Å². The van der Waals surface area contributed by atoms with E-state index in [9.17, 15) is 14.4 Å². The highest BCUT2D eigenvalue weighted by Gasteiger charge is 2.42. The number of carbonyl (C=O) groups excluding carboxylic acids is 3. The summed E-state index contributed by atoms with van der Waals surface area (Å²) in [5.74, 6) is -2.10. The van der Waals surface area contributed by atoms with E-state index in [0.717, 1.165) is 16.7 Å². The molecule has 5 rings (SSSR count). The van der Waals surface area contributed by atoms with Gasteiger partial charge in [-0.2, -0.15) is 0 Å². The first-order valence-electron chi connectivity index (χ1n) is 21.6. The quantitative estimate of drug-likeness (QED) is 0.0210. The van der Waals surface area contributed by atoms with Gasteiger partial charge in [-0.1, -0.05) is 103 Å². The molecule has 2 saturated heterocycles. The number of hydrogen-bond acceptors (Lipinski definition) is 13. The van der Waals surface area contributed by atoms with Gasteiger partial charge in [0.15, 0.2) is 18.7 Å². The molecule has 0 amide bonds. The van der Waals surface area contributed by atoms with E-state index in [2.05, 4.69) is 10.0 Å². The lowest BCUT2D eigenvalue weighted by Crippen LogP contribution is -2.51. The molecule has 15 heteroatoms. The Balaban J connectivity index is 1.11. The van der Waals surface area contributed by atoms with Crippen LogP contribution >= 0.6 is 0 Å². The third-order valence-electron chi connectivity index (χ3n) is 10.7. The van der Waals surface area contributed by atoms with Gasteiger partial charge in [-0.25, -0.2) is 0 Å². The predicted molar refractivity (Wildman–Crippen MR) is 227 cm³/mol. The van der Waals surface area contributed by atoms with E-state index < -0.39 is 54.9 Å². The van der Waals surface area contributed by atoms with Crippen LogP contribution in [-0.4, -0.2) is 86.4 Å². The van der Waals surface area contributed by atoms with Gasteiger partial charge in [0.2, 0.25) is 0 Å². The second kappa shape index (κ2) is 25.9. The van der Waals surface area contributed by atoms with Crippen molar-refractivity contribution in [2.75, 3.05) is 13.2 Å². The van der Waals surface area contributed by atoms with Gasteiger partial charge >= 0.3 is 17.9 Å². The van der Waals surface area contributed by atoms with Gasteiger partial charge in [0.25, 0.3) is 0 Å². The molecule has 10 atom stereocenters. The number of esters is 3. The van der Waals surface area contributed by atoms with Gasteiger partial charge in [-0.15, -0.1) is 0 Å². The van der Waals surface area contributed by atoms with Gasteiger partial charge in [-0.3, -0.25) is 14.4 Å². The first-order chi connectivity index (χ1) is 30.1. The van der Waals surface area contributed by atoms with Crippen molar-refractivity contribution in [2.45, 2.75) is 148 Å². The molecule has 0 radical (unpaired) electrons. The number of benzene rings is 3. The maximum atomic E-state index is 13.3. The van der Waals surface area contributed by atoms with Gasteiger partial charge in [-0.05, 0) is 62.3 Å². The Morgan fingerprint density at radius 3 is 1.87 bits per heavy atom. The maximum Gasteiger partial charge on any atom is 0.309 e. The Kier molecular flexibility index (Phi) is 20.1. The highest BCUT2D eigenvalue weighted by molar-refractivity contribution is 5.72. The number of azide groups is 1. The zero-order chi connectivity index (χ0) is 44.1. The normalized spacial score (nSPS) is 24.5. The Hall–Kier alpha value is -4.86. The molecule has 2 fully saturated rings. The molecule has 3 aromatic rings. The Bertz CT molecular complexity index is 1830. The minimum atomic E-state index is -0.984. The molecule has 15 nitrogen and oxygen atoms in total. The molecule has 0 spiro atoms. The molecule has 62 heavy (non-hydrogen) atoms. The smallest absolute Gasteiger partial charge is 0.309 e. The standard InChI is InChI=1S/C47H61N3O12/c1-32(28-49-50-48)45(53)62-40-27-42(47(60-35(40)4)58-33(2)23-24-43(51)57-31-38-20-12-7-13-21-38)61-44(52)22-14-15-25-54-46-41(56-30-37-18-10-6-11-19-37)26-39(34(3)59-46)55-29-36-16-8-5-9-17-36/h5-13,16-21,32-35,39-42,46-47H,14-15,22-31H2,1-4H3/t32?,33?,34-,35?,39+,40?,41+,42?,46+,47?/m0/s1. The van der Waals surface area contributed by atoms with E-state index in [1.807, 2.05) is 97.9 Å². The second-order valence-corrected chi connectivity index (χ2v) is 15.8. The molecule has 2 aliphatic heterocycles. The molecular formula is C47H61N3O12. The van der Waals surface area contributed by atoms with Crippen LogP contribution in [0.25, 0.3) is 10.4 Å². The van der Waals surface area contributed by atoms with E-state index >= 15 is 0 Å². The first kappa shape index (κ1) is 48.2. The highest BCUT2D eigenvalue weighted by Crippen LogP contribution is 2.30. The Labute approximate surface area is 364 Å². The van der Waals surface area contributed by atoms with E-state index in [-0.39, 0.29) is 56.7 Å². The maximum absolute atomic E-state index is 13.3. The fourth-order valence-electron chi connectivity index (χ4n) is 6.98. The summed E-state index contributed by atoms with van der Waals surface area (Å²) in [5.41, 5.74) is 11.7. The van der Waals surface area contributed by atoms with Gasteiger partial charge < -0.3 is 42.6 Å². The van der Waals surface area contributed by atoms with E-state index in [1.165, 1.54) is 0 Å². The van der Waals surface area contributed by atoms with Crippen molar-refractivity contribution in [3.63, 3.8) is 0 Å². The van der Waals surface area contributed by atoms with E-state index in [0.29, 0.717) is 45.5 Å². The summed E-state index contributed by atoms with van der Waals surface area (Å²) in [5, 5.41) is 3.47. The lowest BCUT2D eigenvalue weighted by molar-refractivity contribution is -0.281. The average Bonchev–Trinajstić information content (AvgIpc) is 3.28. The van der Waals surface area contributed by atoms with Crippen molar-refractivity contribution < 1.29 is 57.0 Å². The molecule has 0 N–H and O–H groups in total. The van der Waals surface area contributed by atoms with E-state index in [1.54, 1.807) is 20.8 Å². The third-order valence-corrected chi connectivity index (χ3v) is 10.7. The Morgan fingerprint density at radius 1 is 0.677 bits per heavy atom. The minimum Gasteiger partial charge on any atom is -0.461 e. The van der Waals surface area contributed by atoms with Gasteiger partial charge in [0, 0.05) is 43.7 Å². The molecule has 3 aromatic carbocycles. The fourth-order valence-corrected chi connectivity index (χ4v) is 6.98. The summed E-state index contributed by atoms with van der Waals surface area (Å²) in [4.78, 5) is 41.3. The van der Waals surface area contributed by atoms with Crippen molar-refractivity contribution in [1.29, 1.82) is 0 Å². The number of hydrogen-bond donors (Lipinski definition) is 0. The van der Waals surface area contributed by atoms with Crippen LogP contribution in [-0.2, 0) is 76.8 Å². The summed E-state index contributed by atoms with van der Waals surface area (Å²) in [6.07, 6.45) is -2.93. The van der Waals surface area contributed by atoms with Crippen LogP contribution in [0.15, 0.2) is 96.1 Å². The Morgan fingerprint density at radius 2 is 1.24 bits per heavy atom. The summed E-state index contributed by atoms with van der Waals surface area (Å²) >= 11 is 0. The molecule has 0 bridgehead atoms. The molecule has 2 aliphatic rings. The van der Waals surface area contributed by atoms with Crippen molar-refractivity contribution in [3.05, 3.63) is 118 Å². The summed E-state index contributed by atoms with van der Waals surface area (Å²) in [6.45, 7) is 8.39. The molecule has 6 unspecified atom stereocenters. The van der Waals surface area contributed by atoms with Crippen molar-refractivity contribution >= 4 is 17.9 Å². The predicted octanol–water partition coefficient (Wildman–Crippen LogP) is 8.31. The van der Waals surface area contributed by atoms with Crippen LogP contribution in [0.3, 0.4) is 0 Å². The van der Waals surface area contributed by atoms with Gasteiger partial charge in [0.1, 0.15) is 18.8 Å².